The molecule has 2 atom stereocenters. The van der Waals surface area contributed by atoms with Gasteiger partial charge in [-0.3, -0.25) is 0 Å². The lowest BCUT2D eigenvalue weighted by Crippen LogP contribution is -2.30. The van der Waals surface area contributed by atoms with E-state index in [9.17, 15) is 5.11 Å². The summed E-state index contributed by atoms with van der Waals surface area (Å²) < 4.78 is 11.6. The molecule has 0 aliphatic heterocycles. The molecule has 158 valence electrons. The molecule has 2 heterocycles. The lowest BCUT2D eigenvalue weighted by molar-refractivity contribution is 0.124. The van der Waals surface area contributed by atoms with Crippen LogP contribution in [0.1, 0.15) is 25.7 Å². The number of ether oxygens (including phenoxy) is 1. The van der Waals surface area contributed by atoms with Crippen molar-refractivity contribution in [2.24, 2.45) is 0 Å². The van der Waals surface area contributed by atoms with Crippen molar-refractivity contribution >= 4 is 16.9 Å². The highest BCUT2D eigenvalue weighted by molar-refractivity contribution is 6.05. The molecule has 2 aromatic heterocycles. The number of methoxy groups -OCH3 is 1. The van der Waals surface area contributed by atoms with Crippen LogP contribution in [-0.4, -0.2) is 34.3 Å². The minimum atomic E-state index is -0.270. The van der Waals surface area contributed by atoms with E-state index in [0.717, 1.165) is 58.7 Å². The lowest BCUT2D eigenvalue weighted by Gasteiger charge is -2.27. The molecular formula is C25H25N3O3. The van der Waals surface area contributed by atoms with Crippen molar-refractivity contribution in [3.63, 3.8) is 0 Å². The van der Waals surface area contributed by atoms with Gasteiger partial charge in [0.15, 0.2) is 0 Å². The van der Waals surface area contributed by atoms with Crippen LogP contribution < -0.4 is 10.1 Å². The number of aliphatic hydroxyl groups is 1. The molecular weight excluding hydrogens is 390 g/mol. The fourth-order valence-corrected chi connectivity index (χ4v) is 4.36. The number of fused-ring (bicyclic) bond motifs is 1. The Kier molecular flexibility index (Phi) is 5.30. The Bertz CT molecular complexity index is 1170. The minimum Gasteiger partial charge on any atom is -0.497 e. The number of aliphatic hydroxyl groups excluding tert-OH is 1. The summed E-state index contributed by atoms with van der Waals surface area (Å²) in [5.74, 6) is 2.29. The van der Waals surface area contributed by atoms with Crippen LogP contribution in [-0.2, 0) is 0 Å². The third-order valence-electron chi connectivity index (χ3n) is 5.89. The summed E-state index contributed by atoms with van der Waals surface area (Å²) >= 11 is 0. The normalized spacial score (nSPS) is 18.8. The highest BCUT2D eigenvalue weighted by Gasteiger charge is 2.25. The summed E-state index contributed by atoms with van der Waals surface area (Å²) in [6, 6.07) is 18.1. The van der Waals surface area contributed by atoms with Crippen LogP contribution in [0.25, 0.3) is 33.6 Å². The molecule has 5 rings (SSSR count). The third-order valence-corrected chi connectivity index (χ3v) is 5.89. The van der Waals surface area contributed by atoms with Gasteiger partial charge in [-0.1, -0.05) is 42.5 Å². The van der Waals surface area contributed by atoms with Crippen LogP contribution in [0.5, 0.6) is 5.75 Å². The van der Waals surface area contributed by atoms with Crippen LogP contribution in [0, 0.1) is 0 Å². The highest BCUT2D eigenvalue weighted by Crippen LogP contribution is 2.43. The first kappa shape index (κ1) is 19.6. The van der Waals surface area contributed by atoms with Crippen molar-refractivity contribution in [1.29, 1.82) is 0 Å². The quantitative estimate of drug-likeness (QED) is 0.462. The van der Waals surface area contributed by atoms with Crippen LogP contribution >= 0.6 is 0 Å². The van der Waals surface area contributed by atoms with Crippen molar-refractivity contribution in [2.75, 3.05) is 12.4 Å². The number of rotatable bonds is 5. The summed E-state index contributed by atoms with van der Waals surface area (Å²) in [6.45, 7) is 0. The third kappa shape index (κ3) is 3.86. The summed E-state index contributed by atoms with van der Waals surface area (Å²) in [6.07, 6.45) is 4.84. The zero-order chi connectivity index (χ0) is 21.2. The molecule has 0 unspecified atom stereocenters. The van der Waals surface area contributed by atoms with Crippen molar-refractivity contribution in [1.82, 2.24) is 9.97 Å². The summed E-state index contributed by atoms with van der Waals surface area (Å²) in [5, 5.41) is 14.5. The van der Waals surface area contributed by atoms with E-state index in [4.69, 9.17) is 9.15 Å². The van der Waals surface area contributed by atoms with Crippen molar-refractivity contribution in [3.8, 4) is 28.2 Å². The number of furan rings is 1. The number of hydrogen-bond donors (Lipinski definition) is 2. The maximum absolute atomic E-state index is 10.1. The van der Waals surface area contributed by atoms with E-state index in [1.165, 1.54) is 6.33 Å². The van der Waals surface area contributed by atoms with Crippen LogP contribution in [0.15, 0.2) is 65.3 Å². The molecule has 0 saturated heterocycles. The molecule has 4 aromatic rings. The number of aromatic nitrogens is 2. The first-order chi connectivity index (χ1) is 15.2. The fraction of sp³-hybridized carbons (Fsp3) is 0.280. The van der Waals surface area contributed by atoms with Gasteiger partial charge in [-0.2, -0.15) is 0 Å². The molecule has 0 bridgehead atoms. The van der Waals surface area contributed by atoms with Gasteiger partial charge in [-0.15, -0.1) is 0 Å². The maximum Gasteiger partial charge on any atom is 0.232 e. The maximum atomic E-state index is 10.1. The minimum absolute atomic E-state index is 0.167. The van der Waals surface area contributed by atoms with Crippen molar-refractivity contribution in [3.05, 3.63) is 60.9 Å². The van der Waals surface area contributed by atoms with Gasteiger partial charge in [0, 0.05) is 17.2 Å². The Morgan fingerprint density at radius 2 is 1.81 bits per heavy atom. The average molecular weight is 415 g/mol. The van der Waals surface area contributed by atoms with Crippen molar-refractivity contribution in [2.45, 2.75) is 37.8 Å². The average Bonchev–Trinajstić information content (AvgIpc) is 3.20. The molecule has 2 aromatic carbocycles. The first-order valence-corrected chi connectivity index (χ1v) is 10.6. The summed E-state index contributed by atoms with van der Waals surface area (Å²) in [4.78, 5) is 8.99. The van der Waals surface area contributed by atoms with Gasteiger partial charge in [-0.05, 0) is 43.4 Å². The Hall–Kier alpha value is -3.38. The summed E-state index contributed by atoms with van der Waals surface area (Å²) in [7, 11) is 1.66. The standard InChI is InChI=1S/C25H25N3O3/c1-30-20-12-10-16(11-13-20)21-22-24(28-18-8-5-9-19(29)14-18)26-15-27-25(22)31-23(21)17-6-3-2-4-7-17/h2-4,6-7,10-13,15,18-19,29H,5,8-9,14H2,1H3,(H,26,27,28)/t18-,19+/m0/s1. The molecule has 1 aliphatic rings. The molecule has 0 radical (unpaired) electrons. The van der Waals surface area contributed by atoms with Crippen LogP contribution in [0.3, 0.4) is 0 Å². The number of hydrogen-bond acceptors (Lipinski definition) is 6. The van der Waals surface area contributed by atoms with E-state index in [0.29, 0.717) is 12.1 Å². The SMILES string of the molecule is COc1ccc(-c2c(-c3ccccc3)oc3ncnc(N[C@H]4CCC[C@@H](O)C4)c23)cc1. The van der Waals surface area contributed by atoms with Gasteiger partial charge in [0.05, 0.1) is 18.6 Å². The fourth-order valence-electron chi connectivity index (χ4n) is 4.36. The predicted molar refractivity (Wildman–Crippen MR) is 121 cm³/mol. The summed E-state index contributed by atoms with van der Waals surface area (Å²) in [5.41, 5.74) is 3.46. The molecule has 1 saturated carbocycles. The van der Waals surface area contributed by atoms with Crippen molar-refractivity contribution < 1.29 is 14.3 Å². The van der Waals surface area contributed by atoms with Gasteiger partial charge in [0.1, 0.15) is 23.7 Å². The highest BCUT2D eigenvalue weighted by atomic mass is 16.5. The molecule has 31 heavy (non-hydrogen) atoms. The molecule has 0 amide bonds. The number of benzene rings is 2. The van der Waals surface area contributed by atoms with Gasteiger partial charge < -0.3 is 19.6 Å². The second-order valence-electron chi connectivity index (χ2n) is 7.96. The lowest BCUT2D eigenvalue weighted by atomic mass is 9.93. The van der Waals surface area contributed by atoms with Gasteiger partial charge in [0.2, 0.25) is 5.71 Å². The zero-order valence-electron chi connectivity index (χ0n) is 17.4. The second-order valence-corrected chi connectivity index (χ2v) is 7.96. The molecule has 2 N–H and O–H groups in total. The number of nitrogens with zero attached hydrogens (tertiary/aromatic N) is 2. The number of nitrogens with one attached hydrogen (secondary N) is 1. The Labute approximate surface area is 180 Å². The van der Waals surface area contributed by atoms with Gasteiger partial charge in [0.25, 0.3) is 0 Å². The van der Waals surface area contributed by atoms with E-state index in [2.05, 4.69) is 15.3 Å². The molecule has 0 spiro atoms. The van der Waals surface area contributed by atoms with Gasteiger partial charge in [-0.25, -0.2) is 9.97 Å². The number of anilines is 1. The van der Waals surface area contributed by atoms with E-state index < -0.39 is 0 Å². The molecule has 6 nitrogen and oxygen atoms in total. The smallest absolute Gasteiger partial charge is 0.232 e. The largest absolute Gasteiger partial charge is 0.497 e. The molecule has 1 aliphatic carbocycles. The Morgan fingerprint density at radius 1 is 1.00 bits per heavy atom. The van der Waals surface area contributed by atoms with E-state index in [-0.39, 0.29) is 12.1 Å². The second kappa shape index (κ2) is 8.40. The van der Waals surface area contributed by atoms with Crippen LogP contribution in [0.2, 0.25) is 0 Å². The monoisotopic (exact) mass is 415 g/mol. The molecule has 6 heteroatoms. The van der Waals surface area contributed by atoms with E-state index in [1.54, 1.807) is 7.11 Å². The zero-order valence-corrected chi connectivity index (χ0v) is 17.4. The Balaban J connectivity index is 1.68. The molecule has 1 fully saturated rings. The predicted octanol–water partition coefficient (Wildman–Crippen LogP) is 5.28. The van der Waals surface area contributed by atoms with Crippen LogP contribution in [0.4, 0.5) is 5.82 Å². The topological polar surface area (TPSA) is 80.4 Å². The first-order valence-electron chi connectivity index (χ1n) is 10.6. The van der Waals surface area contributed by atoms with Gasteiger partial charge >= 0.3 is 0 Å². The van der Waals surface area contributed by atoms with E-state index in [1.807, 2.05) is 54.6 Å². The van der Waals surface area contributed by atoms with E-state index >= 15 is 0 Å². The Morgan fingerprint density at radius 3 is 2.55 bits per heavy atom.